The fourth-order valence-electron chi connectivity index (χ4n) is 1.59. The maximum Gasteiger partial charge on any atom is 0.120 e. The standard InChI is InChI=1S/C15H14Br2O2/c16-13-4-1-3-12(9-13)11-18-7-8-19-15-6-2-5-14(17)10-15/h1-6,9-10H,7-8,11H2. The van der Waals surface area contributed by atoms with Gasteiger partial charge < -0.3 is 9.47 Å². The van der Waals surface area contributed by atoms with E-state index < -0.39 is 0 Å². The molecule has 0 aromatic heterocycles. The van der Waals surface area contributed by atoms with Gasteiger partial charge in [0.2, 0.25) is 0 Å². The van der Waals surface area contributed by atoms with E-state index in [0.29, 0.717) is 19.8 Å². The van der Waals surface area contributed by atoms with Crippen molar-refractivity contribution in [1.82, 2.24) is 0 Å². The summed E-state index contributed by atoms with van der Waals surface area (Å²) < 4.78 is 13.2. The number of benzene rings is 2. The van der Waals surface area contributed by atoms with Gasteiger partial charge in [-0.1, -0.05) is 50.1 Å². The first-order chi connectivity index (χ1) is 9.24. The molecule has 2 nitrogen and oxygen atoms in total. The fraction of sp³-hybridized carbons (Fsp3) is 0.200. The molecule has 0 aliphatic rings. The zero-order valence-corrected chi connectivity index (χ0v) is 13.5. The summed E-state index contributed by atoms with van der Waals surface area (Å²) in [6.07, 6.45) is 0. The Labute approximate surface area is 130 Å². The van der Waals surface area contributed by atoms with Crippen LogP contribution in [0.5, 0.6) is 5.75 Å². The van der Waals surface area contributed by atoms with Crippen LogP contribution in [0, 0.1) is 0 Å². The van der Waals surface area contributed by atoms with Crippen LogP contribution in [0.2, 0.25) is 0 Å². The molecule has 0 radical (unpaired) electrons. The third-order valence-electron chi connectivity index (χ3n) is 2.45. The number of hydrogen-bond acceptors (Lipinski definition) is 2. The summed E-state index contributed by atoms with van der Waals surface area (Å²) in [7, 11) is 0. The van der Waals surface area contributed by atoms with E-state index in [4.69, 9.17) is 9.47 Å². The second kappa shape index (κ2) is 7.68. The lowest BCUT2D eigenvalue weighted by Gasteiger charge is -2.07. The number of hydrogen-bond donors (Lipinski definition) is 0. The third kappa shape index (κ3) is 5.35. The molecule has 0 aliphatic heterocycles. The lowest BCUT2D eigenvalue weighted by atomic mass is 10.2. The van der Waals surface area contributed by atoms with Gasteiger partial charge in [-0.05, 0) is 35.9 Å². The molecule has 4 heteroatoms. The lowest BCUT2D eigenvalue weighted by Crippen LogP contribution is -2.06. The first-order valence-corrected chi connectivity index (χ1v) is 7.53. The Bertz CT molecular complexity index is 482. The van der Waals surface area contributed by atoms with E-state index in [1.165, 1.54) is 0 Å². The maximum absolute atomic E-state index is 5.58. The van der Waals surface area contributed by atoms with Gasteiger partial charge >= 0.3 is 0 Å². The quantitative estimate of drug-likeness (QED) is 0.664. The molecule has 0 unspecified atom stereocenters. The van der Waals surface area contributed by atoms with Crippen molar-refractivity contribution in [2.45, 2.75) is 6.61 Å². The predicted octanol–water partition coefficient (Wildman–Crippen LogP) is 4.81. The van der Waals surface area contributed by atoms with Crippen molar-refractivity contribution in [3.8, 4) is 5.75 Å². The molecule has 2 aromatic rings. The Morgan fingerprint density at radius 3 is 2.32 bits per heavy atom. The zero-order valence-electron chi connectivity index (χ0n) is 10.3. The van der Waals surface area contributed by atoms with Crippen molar-refractivity contribution in [3.05, 3.63) is 63.0 Å². The second-order valence-electron chi connectivity index (χ2n) is 3.99. The Morgan fingerprint density at radius 2 is 1.58 bits per heavy atom. The molecule has 0 aliphatic carbocycles. The minimum Gasteiger partial charge on any atom is -0.491 e. The van der Waals surface area contributed by atoms with Crippen molar-refractivity contribution >= 4 is 31.9 Å². The smallest absolute Gasteiger partial charge is 0.120 e. The van der Waals surface area contributed by atoms with Gasteiger partial charge in [-0.25, -0.2) is 0 Å². The molecule has 0 amide bonds. The Balaban J connectivity index is 1.67. The largest absolute Gasteiger partial charge is 0.491 e. The number of ether oxygens (including phenoxy) is 2. The summed E-state index contributed by atoms with van der Waals surface area (Å²) in [6.45, 7) is 1.71. The summed E-state index contributed by atoms with van der Waals surface area (Å²) in [6, 6.07) is 15.9. The average molecular weight is 386 g/mol. The predicted molar refractivity (Wildman–Crippen MR) is 83.4 cm³/mol. The van der Waals surface area contributed by atoms with E-state index in [2.05, 4.69) is 37.9 Å². The molecule has 0 saturated heterocycles. The van der Waals surface area contributed by atoms with E-state index in [1.54, 1.807) is 0 Å². The van der Waals surface area contributed by atoms with E-state index in [-0.39, 0.29) is 0 Å². The molecule has 0 saturated carbocycles. The summed E-state index contributed by atoms with van der Waals surface area (Å²) in [5.74, 6) is 0.848. The van der Waals surface area contributed by atoms with Gasteiger partial charge in [-0.15, -0.1) is 0 Å². The van der Waals surface area contributed by atoms with Gasteiger partial charge in [0, 0.05) is 8.95 Å². The highest BCUT2D eigenvalue weighted by Crippen LogP contribution is 2.17. The summed E-state index contributed by atoms with van der Waals surface area (Å²) in [4.78, 5) is 0. The summed E-state index contributed by atoms with van der Waals surface area (Å²) in [5.41, 5.74) is 1.15. The minimum absolute atomic E-state index is 0.546. The third-order valence-corrected chi connectivity index (χ3v) is 3.44. The molecule has 0 spiro atoms. The Hall–Kier alpha value is -0.840. The molecule has 2 rings (SSSR count). The van der Waals surface area contributed by atoms with Crippen molar-refractivity contribution in [2.24, 2.45) is 0 Å². The van der Waals surface area contributed by atoms with Crippen molar-refractivity contribution in [2.75, 3.05) is 13.2 Å². The summed E-state index contributed by atoms with van der Waals surface area (Å²) >= 11 is 6.84. The van der Waals surface area contributed by atoms with Gasteiger partial charge in [0.05, 0.1) is 13.2 Å². The number of halogens is 2. The lowest BCUT2D eigenvalue weighted by molar-refractivity contribution is 0.0889. The molecule has 100 valence electrons. The minimum atomic E-state index is 0.546. The van der Waals surface area contributed by atoms with Crippen molar-refractivity contribution < 1.29 is 9.47 Å². The van der Waals surface area contributed by atoms with Gasteiger partial charge in [-0.3, -0.25) is 0 Å². The maximum atomic E-state index is 5.58. The van der Waals surface area contributed by atoms with E-state index in [9.17, 15) is 0 Å². The molecule has 0 bridgehead atoms. The average Bonchev–Trinajstić information content (AvgIpc) is 2.38. The van der Waals surface area contributed by atoms with Crippen LogP contribution >= 0.6 is 31.9 Å². The number of rotatable bonds is 6. The molecular weight excluding hydrogens is 372 g/mol. The molecule has 0 N–H and O–H groups in total. The van der Waals surface area contributed by atoms with E-state index >= 15 is 0 Å². The van der Waals surface area contributed by atoms with Gasteiger partial charge in [0.1, 0.15) is 12.4 Å². The molecular formula is C15H14Br2O2. The fourth-order valence-corrected chi connectivity index (χ4v) is 2.42. The van der Waals surface area contributed by atoms with Crippen LogP contribution in [0.15, 0.2) is 57.5 Å². The topological polar surface area (TPSA) is 18.5 Å². The Kier molecular flexibility index (Phi) is 5.89. The van der Waals surface area contributed by atoms with Gasteiger partial charge in [-0.2, -0.15) is 0 Å². The van der Waals surface area contributed by atoms with Crippen LogP contribution < -0.4 is 4.74 Å². The molecule has 19 heavy (non-hydrogen) atoms. The summed E-state index contributed by atoms with van der Waals surface area (Å²) in [5, 5.41) is 0. The van der Waals surface area contributed by atoms with Crippen LogP contribution in [-0.2, 0) is 11.3 Å². The Morgan fingerprint density at radius 1 is 0.842 bits per heavy atom. The van der Waals surface area contributed by atoms with Crippen LogP contribution in [-0.4, -0.2) is 13.2 Å². The highest BCUT2D eigenvalue weighted by Gasteiger charge is 1.97. The van der Waals surface area contributed by atoms with Crippen LogP contribution in [0.3, 0.4) is 0 Å². The van der Waals surface area contributed by atoms with Gasteiger partial charge in [0.15, 0.2) is 0 Å². The van der Waals surface area contributed by atoms with E-state index in [1.807, 2.05) is 42.5 Å². The van der Waals surface area contributed by atoms with Crippen molar-refractivity contribution in [1.29, 1.82) is 0 Å². The highest BCUT2D eigenvalue weighted by molar-refractivity contribution is 9.10. The molecule has 2 aromatic carbocycles. The van der Waals surface area contributed by atoms with Crippen LogP contribution in [0.4, 0.5) is 0 Å². The van der Waals surface area contributed by atoms with E-state index in [0.717, 1.165) is 20.3 Å². The van der Waals surface area contributed by atoms with Crippen LogP contribution in [0.25, 0.3) is 0 Å². The molecule has 0 heterocycles. The normalized spacial score (nSPS) is 10.4. The van der Waals surface area contributed by atoms with Crippen LogP contribution in [0.1, 0.15) is 5.56 Å². The highest BCUT2D eigenvalue weighted by atomic mass is 79.9. The molecule has 0 atom stereocenters. The van der Waals surface area contributed by atoms with Gasteiger partial charge in [0.25, 0.3) is 0 Å². The van der Waals surface area contributed by atoms with Crippen molar-refractivity contribution in [3.63, 3.8) is 0 Å². The zero-order chi connectivity index (χ0) is 13.5. The first kappa shape index (κ1) is 14.6. The second-order valence-corrected chi connectivity index (χ2v) is 5.82. The first-order valence-electron chi connectivity index (χ1n) is 5.94. The SMILES string of the molecule is Brc1cccc(COCCOc2cccc(Br)c2)c1. The monoisotopic (exact) mass is 384 g/mol. The molecule has 0 fully saturated rings.